The first-order chi connectivity index (χ1) is 14.5. The number of benzene rings is 2. The fraction of sp³-hybridized carbons (Fsp3) is 0.409. The summed E-state index contributed by atoms with van der Waals surface area (Å²) in [5, 5.41) is 2.92. The molecule has 2 aromatic rings. The van der Waals surface area contributed by atoms with Gasteiger partial charge in [0, 0.05) is 22.8 Å². The van der Waals surface area contributed by atoms with Crippen LogP contribution in [0.2, 0.25) is 0 Å². The molecule has 30 heavy (non-hydrogen) atoms. The number of ether oxygens (including phenoxy) is 4. The number of likely N-dealkylation sites (N-methyl/N-ethyl adjacent to an activating group) is 1. The van der Waals surface area contributed by atoms with E-state index in [1.165, 1.54) is 0 Å². The Morgan fingerprint density at radius 3 is 2.43 bits per heavy atom. The third-order valence-corrected chi connectivity index (χ3v) is 5.13. The number of hydrogen-bond donors (Lipinski definition) is 1. The minimum Gasteiger partial charge on any atom is -0.490 e. The number of rotatable bonds is 9. The highest BCUT2D eigenvalue weighted by atomic mass is 79.9. The maximum Gasteiger partial charge on any atom is 0.238 e. The number of hydrogen-bond acceptors (Lipinski definition) is 6. The lowest BCUT2D eigenvalue weighted by Crippen LogP contribution is -2.30. The SMILES string of the molecule is CCOc1ccc(NC(=O)CN(C)Cc2cc3c(cc2Br)OCCO3)cc1OCC. The summed E-state index contributed by atoms with van der Waals surface area (Å²) in [5.41, 5.74) is 1.69. The van der Waals surface area contributed by atoms with Gasteiger partial charge in [0.05, 0.1) is 19.8 Å². The van der Waals surface area contributed by atoms with E-state index in [1.807, 2.05) is 44.0 Å². The van der Waals surface area contributed by atoms with Crippen molar-refractivity contribution >= 4 is 27.5 Å². The molecule has 0 aliphatic carbocycles. The number of nitrogens with zero attached hydrogens (tertiary/aromatic N) is 1. The second-order valence-electron chi connectivity index (χ2n) is 6.84. The molecule has 0 unspecified atom stereocenters. The summed E-state index contributed by atoms with van der Waals surface area (Å²) in [6.07, 6.45) is 0. The lowest BCUT2D eigenvalue weighted by molar-refractivity contribution is -0.117. The molecule has 0 radical (unpaired) electrons. The Balaban J connectivity index is 1.60. The van der Waals surface area contributed by atoms with Crippen LogP contribution in [0.3, 0.4) is 0 Å². The molecule has 2 aromatic carbocycles. The number of fused-ring (bicyclic) bond motifs is 1. The van der Waals surface area contributed by atoms with E-state index in [-0.39, 0.29) is 12.5 Å². The molecule has 3 rings (SSSR count). The number of halogens is 1. The van der Waals surface area contributed by atoms with Crippen LogP contribution in [0.25, 0.3) is 0 Å². The first kappa shape index (κ1) is 22.2. The van der Waals surface area contributed by atoms with Crippen LogP contribution in [0.4, 0.5) is 5.69 Å². The zero-order valence-electron chi connectivity index (χ0n) is 17.5. The van der Waals surface area contributed by atoms with E-state index < -0.39 is 0 Å². The van der Waals surface area contributed by atoms with Crippen molar-refractivity contribution < 1.29 is 23.7 Å². The lowest BCUT2D eigenvalue weighted by atomic mass is 10.2. The van der Waals surface area contributed by atoms with Crippen molar-refractivity contribution in [1.82, 2.24) is 4.90 Å². The molecule has 0 spiro atoms. The van der Waals surface area contributed by atoms with Gasteiger partial charge < -0.3 is 24.3 Å². The van der Waals surface area contributed by atoms with E-state index in [1.54, 1.807) is 12.1 Å². The van der Waals surface area contributed by atoms with E-state index >= 15 is 0 Å². The Hall–Kier alpha value is -2.45. The Labute approximate surface area is 185 Å². The molecular formula is C22H27BrN2O5. The van der Waals surface area contributed by atoms with Gasteiger partial charge in [0.15, 0.2) is 23.0 Å². The Kier molecular flexibility index (Phi) is 7.81. The van der Waals surface area contributed by atoms with E-state index in [0.29, 0.717) is 50.2 Å². The predicted molar refractivity (Wildman–Crippen MR) is 119 cm³/mol. The molecule has 1 N–H and O–H groups in total. The molecule has 0 bridgehead atoms. The molecule has 8 heteroatoms. The van der Waals surface area contributed by atoms with Gasteiger partial charge >= 0.3 is 0 Å². The number of nitrogens with one attached hydrogen (secondary N) is 1. The smallest absolute Gasteiger partial charge is 0.238 e. The maximum absolute atomic E-state index is 12.5. The van der Waals surface area contributed by atoms with Crippen molar-refractivity contribution in [3.63, 3.8) is 0 Å². The molecule has 7 nitrogen and oxygen atoms in total. The first-order valence-corrected chi connectivity index (χ1v) is 10.8. The standard InChI is InChI=1S/C22H27BrN2O5/c1-4-27-18-7-6-16(11-20(18)28-5-2)24-22(26)14-25(3)13-15-10-19-21(12-17(15)23)30-9-8-29-19/h6-7,10-12H,4-5,8-9,13-14H2,1-3H3,(H,24,26). The average Bonchev–Trinajstić information content (AvgIpc) is 2.70. The zero-order valence-corrected chi connectivity index (χ0v) is 19.1. The summed E-state index contributed by atoms with van der Waals surface area (Å²) in [6.45, 7) is 6.80. The molecule has 1 aliphatic rings. The summed E-state index contributed by atoms with van der Waals surface area (Å²) < 4.78 is 23.3. The zero-order chi connectivity index (χ0) is 21.5. The highest BCUT2D eigenvalue weighted by Crippen LogP contribution is 2.36. The number of carbonyl (C=O) groups is 1. The third kappa shape index (κ3) is 5.79. The van der Waals surface area contributed by atoms with Crippen molar-refractivity contribution in [2.45, 2.75) is 20.4 Å². The normalized spacial score (nSPS) is 12.6. The van der Waals surface area contributed by atoms with Gasteiger partial charge in [-0.3, -0.25) is 9.69 Å². The van der Waals surface area contributed by atoms with E-state index in [0.717, 1.165) is 21.5 Å². The van der Waals surface area contributed by atoms with Crippen molar-refractivity contribution in [3.05, 3.63) is 40.4 Å². The summed E-state index contributed by atoms with van der Waals surface area (Å²) in [7, 11) is 1.90. The summed E-state index contributed by atoms with van der Waals surface area (Å²) in [5.74, 6) is 2.63. The number of anilines is 1. The highest BCUT2D eigenvalue weighted by molar-refractivity contribution is 9.10. The maximum atomic E-state index is 12.5. The van der Waals surface area contributed by atoms with Gasteiger partial charge in [0.1, 0.15) is 13.2 Å². The predicted octanol–water partition coefficient (Wildman–Crippen LogP) is 4.09. The van der Waals surface area contributed by atoms with Crippen molar-refractivity contribution in [3.8, 4) is 23.0 Å². The second-order valence-corrected chi connectivity index (χ2v) is 7.69. The van der Waals surface area contributed by atoms with Gasteiger partial charge in [-0.05, 0) is 50.7 Å². The average molecular weight is 479 g/mol. The van der Waals surface area contributed by atoms with Crippen LogP contribution in [0.1, 0.15) is 19.4 Å². The quantitative estimate of drug-likeness (QED) is 0.585. The van der Waals surface area contributed by atoms with Gasteiger partial charge in [0.2, 0.25) is 5.91 Å². The number of amides is 1. The van der Waals surface area contributed by atoms with Crippen LogP contribution in [0, 0.1) is 0 Å². The molecule has 0 saturated heterocycles. The fourth-order valence-electron chi connectivity index (χ4n) is 3.15. The highest BCUT2D eigenvalue weighted by Gasteiger charge is 2.17. The minimum absolute atomic E-state index is 0.113. The molecule has 0 fully saturated rings. The van der Waals surface area contributed by atoms with Crippen LogP contribution < -0.4 is 24.3 Å². The van der Waals surface area contributed by atoms with Gasteiger partial charge in [-0.1, -0.05) is 15.9 Å². The first-order valence-electron chi connectivity index (χ1n) is 9.96. The largest absolute Gasteiger partial charge is 0.490 e. The fourth-order valence-corrected chi connectivity index (χ4v) is 3.60. The minimum atomic E-state index is -0.113. The Morgan fingerprint density at radius 1 is 1.07 bits per heavy atom. The van der Waals surface area contributed by atoms with Crippen molar-refractivity contribution in [1.29, 1.82) is 0 Å². The van der Waals surface area contributed by atoms with Crippen molar-refractivity contribution in [2.24, 2.45) is 0 Å². The summed E-state index contributed by atoms with van der Waals surface area (Å²) >= 11 is 3.58. The van der Waals surface area contributed by atoms with Crippen LogP contribution in [0.15, 0.2) is 34.8 Å². The van der Waals surface area contributed by atoms with E-state index in [9.17, 15) is 4.79 Å². The van der Waals surface area contributed by atoms with Crippen LogP contribution in [0.5, 0.6) is 23.0 Å². The van der Waals surface area contributed by atoms with Crippen LogP contribution in [-0.4, -0.2) is 50.8 Å². The van der Waals surface area contributed by atoms with Crippen LogP contribution >= 0.6 is 15.9 Å². The van der Waals surface area contributed by atoms with Gasteiger partial charge in [-0.25, -0.2) is 0 Å². The molecule has 0 aromatic heterocycles. The van der Waals surface area contributed by atoms with E-state index in [2.05, 4.69) is 21.2 Å². The van der Waals surface area contributed by atoms with Gasteiger partial charge in [-0.2, -0.15) is 0 Å². The lowest BCUT2D eigenvalue weighted by Gasteiger charge is -2.22. The molecule has 1 amide bonds. The summed E-state index contributed by atoms with van der Waals surface area (Å²) in [6, 6.07) is 9.26. The van der Waals surface area contributed by atoms with Gasteiger partial charge in [-0.15, -0.1) is 0 Å². The Morgan fingerprint density at radius 2 is 1.73 bits per heavy atom. The van der Waals surface area contributed by atoms with Crippen LogP contribution in [-0.2, 0) is 11.3 Å². The topological polar surface area (TPSA) is 69.3 Å². The molecule has 0 atom stereocenters. The third-order valence-electron chi connectivity index (χ3n) is 4.39. The number of carbonyl (C=O) groups excluding carboxylic acids is 1. The molecule has 0 saturated carbocycles. The van der Waals surface area contributed by atoms with Gasteiger partial charge in [0.25, 0.3) is 0 Å². The molecule has 162 valence electrons. The van der Waals surface area contributed by atoms with Crippen molar-refractivity contribution in [2.75, 3.05) is 45.3 Å². The summed E-state index contributed by atoms with van der Waals surface area (Å²) in [4.78, 5) is 14.5. The molecule has 1 heterocycles. The molecular weight excluding hydrogens is 452 g/mol. The Bertz CT molecular complexity index is 890. The van der Waals surface area contributed by atoms with E-state index in [4.69, 9.17) is 18.9 Å². The second kappa shape index (κ2) is 10.5. The molecule has 1 aliphatic heterocycles. The monoisotopic (exact) mass is 478 g/mol.